The third kappa shape index (κ3) is 7.10. The highest BCUT2D eigenvalue weighted by Gasteiger charge is 1.99. The zero-order valence-corrected chi connectivity index (χ0v) is 7.14. The molecular weight excluding hydrogens is 140 g/mol. The first-order valence-corrected chi connectivity index (χ1v) is 4.07. The summed E-state index contributed by atoms with van der Waals surface area (Å²) in [5.41, 5.74) is 0. The first-order chi connectivity index (χ1) is 5.31. The lowest BCUT2D eigenvalue weighted by Crippen LogP contribution is -2.03. The molecule has 0 aliphatic carbocycles. The molecule has 0 saturated carbocycles. The Kier molecular flexibility index (Phi) is 6.79. The summed E-state index contributed by atoms with van der Waals surface area (Å²) in [4.78, 5) is 10.8. The van der Waals surface area contributed by atoms with E-state index in [1.165, 1.54) is 0 Å². The van der Waals surface area contributed by atoms with Gasteiger partial charge in [-0.2, -0.15) is 0 Å². The van der Waals surface area contributed by atoms with Crippen LogP contribution in [0, 0.1) is 0 Å². The van der Waals surface area contributed by atoms with Crippen molar-refractivity contribution in [1.82, 2.24) is 0 Å². The number of unbranched alkanes of at least 4 members (excludes halogenated alkanes) is 2. The van der Waals surface area contributed by atoms with Crippen LogP contribution in [0.3, 0.4) is 0 Å². The van der Waals surface area contributed by atoms with Crippen LogP contribution in [0.4, 0.5) is 0 Å². The van der Waals surface area contributed by atoms with Crippen molar-refractivity contribution >= 4 is 5.97 Å². The Balaban J connectivity index is 3.15. The van der Waals surface area contributed by atoms with Crippen LogP contribution in [-0.2, 0) is 9.53 Å². The Morgan fingerprint density at radius 2 is 2.27 bits per heavy atom. The molecule has 0 aromatic carbocycles. The summed E-state index contributed by atoms with van der Waals surface area (Å²) in [6, 6.07) is 0. The van der Waals surface area contributed by atoms with Crippen molar-refractivity contribution in [3.63, 3.8) is 0 Å². The van der Waals surface area contributed by atoms with Crippen LogP contribution in [0.25, 0.3) is 0 Å². The predicted octanol–water partition coefficient (Wildman–Crippen LogP) is 2.30. The smallest absolute Gasteiger partial charge is 0.306 e. The van der Waals surface area contributed by atoms with E-state index in [-0.39, 0.29) is 5.97 Å². The van der Waals surface area contributed by atoms with E-state index in [2.05, 4.69) is 13.5 Å². The third-order valence-electron chi connectivity index (χ3n) is 1.35. The average Bonchev–Trinajstić information content (AvgIpc) is 2.01. The molecule has 0 rings (SSSR count). The second kappa shape index (κ2) is 7.32. The molecule has 0 unspecified atom stereocenters. The van der Waals surface area contributed by atoms with Gasteiger partial charge < -0.3 is 4.74 Å². The van der Waals surface area contributed by atoms with E-state index < -0.39 is 0 Å². The topological polar surface area (TPSA) is 26.3 Å². The van der Waals surface area contributed by atoms with Crippen molar-refractivity contribution in [2.75, 3.05) is 6.61 Å². The Morgan fingerprint density at radius 3 is 2.82 bits per heavy atom. The first kappa shape index (κ1) is 10.2. The van der Waals surface area contributed by atoms with Gasteiger partial charge in [-0.15, -0.1) is 0 Å². The second-order valence-electron chi connectivity index (χ2n) is 2.43. The van der Waals surface area contributed by atoms with Crippen molar-refractivity contribution in [1.29, 1.82) is 0 Å². The molecule has 0 aliphatic rings. The Morgan fingerprint density at radius 1 is 1.55 bits per heavy atom. The minimum atomic E-state index is -0.113. The van der Waals surface area contributed by atoms with E-state index in [1.807, 2.05) is 0 Å². The fourth-order valence-corrected chi connectivity index (χ4v) is 0.743. The van der Waals surface area contributed by atoms with Crippen molar-refractivity contribution < 1.29 is 9.53 Å². The van der Waals surface area contributed by atoms with Crippen LogP contribution in [0.2, 0.25) is 0 Å². The quantitative estimate of drug-likeness (QED) is 0.335. The number of ether oxygens (including phenoxy) is 1. The Labute approximate surface area is 68.2 Å². The molecule has 0 saturated heterocycles. The minimum Gasteiger partial charge on any atom is -0.461 e. The van der Waals surface area contributed by atoms with E-state index in [0.29, 0.717) is 13.0 Å². The van der Waals surface area contributed by atoms with Gasteiger partial charge in [-0.05, 0) is 6.42 Å². The number of hydrogen-bond acceptors (Lipinski definition) is 2. The van der Waals surface area contributed by atoms with E-state index >= 15 is 0 Å². The summed E-state index contributed by atoms with van der Waals surface area (Å²) in [5, 5.41) is 0. The SMILES string of the molecule is C=CCOC(=O)CCCCC. The lowest BCUT2D eigenvalue weighted by Gasteiger charge is -1.99. The summed E-state index contributed by atoms with van der Waals surface area (Å²) in [6.07, 6.45) is 5.30. The maximum absolute atomic E-state index is 10.8. The van der Waals surface area contributed by atoms with Gasteiger partial charge in [0.15, 0.2) is 0 Å². The van der Waals surface area contributed by atoms with Gasteiger partial charge in [-0.3, -0.25) is 4.79 Å². The van der Waals surface area contributed by atoms with Gasteiger partial charge in [0.1, 0.15) is 6.61 Å². The molecule has 0 heterocycles. The largest absolute Gasteiger partial charge is 0.461 e. The van der Waals surface area contributed by atoms with Crippen molar-refractivity contribution in [2.24, 2.45) is 0 Å². The van der Waals surface area contributed by atoms with Crippen molar-refractivity contribution in [3.05, 3.63) is 12.7 Å². The molecule has 0 fully saturated rings. The van der Waals surface area contributed by atoms with Crippen LogP contribution >= 0.6 is 0 Å². The zero-order chi connectivity index (χ0) is 8.53. The van der Waals surface area contributed by atoms with E-state index in [0.717, 1.165) is 19.3 Å². The van der Waals surface area contributed by atoms with Crippen LogP contribution in [-0.4, -0.2) is 12.6 Å². The average molecular weight is 156 g/mol. The number of hydrogen-bond donors (Lipinski definition) is 0. The number of rotatable bonds is 6. The van der Waals surface area contributed by atoms with Crippen molar-refractivity contribution in [3.8, 4) is 0 Å². The van der Waals surface area contributed by atoms with Crippen molar-refractivity contribution in [2.45, 2.75) is 32.6 Å². The molecule has 0 bridgehead atoms. The number of carbonyl (C=O) groups is 1. The molecule has 64 valence electrons. The molecule has 2 nitrogen and oxygen atoms in total. The van der Waals surface area contributed by atoms with Crippen LogP contribution in [0.5, 0.6) is 0 Å². The molecule has 0 aromatic rings. The molecule has 0 atom stereocenters. The van der Waals surface area contributed by atoms with Gasteiger partial charge in [0.05, 0.1) is 0 Å². The van der Waals surface area contributed by atoms with Crippen LogP contribution in [0.15, 0.2) is 12.7 Å². The lowest BCUT2D eigenvalue weighted by atomic mass is 10.2. The first-order valence-electron chi connectivity index (χ1n) is 4.07. The predicted molar refractivity (Wildman–Crippen MR) is 45.3 cm³/mol. The summed E-state index contributed by atoms with van der Waals surface area (Å²) in [5.74, 6) is -0.113. The fraction of sp³-hybridized carbons (Fsp3) is 0.667. The lowest BCUT2D eigenvalue weighted by molar-refractivity contribution is -0.142. The molecule has 0 amide bonds. The van der Waals surface area contributed by atoms with Crippen LogP contribution < -0.4 is 0 Å². The third-order valence-corrected chi connectivity index (χ3v) is 1.35. The fourth-order valence-electron chi connectivity index (χ4n) is 0.743. The van der Waals surface area contributed by atoms with Gasteiger partial charge in [0.25, 0.3) is 0 Å². The van der Waals surface area contributed by atoms with Crippen LogP contribution in [0.1, 0.15) is 32.6 Å². The maximum atomic E-state index is 10.8. The molecule has 0 spiro atoms. The highest BCUT2D eigenvalue weighted by Crippen LogP contribution is 1.99. The molecule has 11 heavy (non-hydrogen) atoms. The molecular formula is C9H16O2. The molecule has 0 aromatic heterocycles. The van der Waals surface area contributed by atoms with Gasteiger partial charge in [0.2, 0.25) is 0 Å². The highest BCUT2D eigenvalue weighted by molar-refractivity contribution is 5.69. The van der Waals surface area contributed by atoms with Gasteiger partial charge in [0, 0.05) is 6.42 Å². The van der Waals surface area contributed by atoms with E-state index in [1.54, 1.807) is 6.08 Å². The monoisotopic (exact) mass is 156 g/mol. The minimum absolute atomic E-state index is 0.113. The molecule has 0 aliphatic heterocycles. The Bertz CT molecular complexity index is 119. The zero-order valence-electron chi connectivity index (χ0n) is 7.14. The van der Waals surface area contributed by atoms with E-state index in [4.69, 9.17) is 4.74 Å². The Hall–Kier alpha value is -0.790. The summed E-state index contributed by atoms with van der Waals surface area (Å²) in [7, 11) is 0. The number of carbonyl (C=O) groups excluding carboxylic acids is 1. The maximum Gasteiger partial charge on any atom is 0.306 e. The van der Waals surface area contributed by atoms with Gasteiger partial charge >= 0.3 is 5.97 Å². The second-order valence-corrected chi connectivity index (χ2v) is 2.43. The summed E-state index contributed by atoms with van der Waals surface area (Å²) >= 11 is 0. The highest BCUT2D eigenvalue weighted by atomic mass is 16.5. The summed E-state index contributed by atoms with van der Waals surface area (Å²) in [6.45, 7) is 5.90. The normalized spacial score (nSPS) is 9.18. The van der Waals surface area contributed by atoms with Gasteiger partial charge in [-0.25, -0.2) is 0 Å². The molecule has 0 radical (unpaired) electrons. The molecule has 2 heteroatoms. The number of esters is 1. The standard InChI is InChI=1S/C9H16O2/c1-3-5-6-7-9(10)11-8-4-2/h4H,2-3,5-8H2,1H3. The summed E-state index contributed by atoms with van der Waals surface area (Å²) < 4.78 is 4.78. The molecule has 0 N–H and O–H groups in total. The van der Waals surface area contributed by atoms with E-state index in [9.17, 15) is 4.79 Å². The van der Waals surface area contributed by atoms with Gasteiger partial charge in [-0.1, -0.05) is 32.4 Å².